The van der Waals surface area contributed by atoms with E-state index in [0.29, 0.717) is 27.7 Å². The number of nitrogens with one attached hydrogen (secondary N) is 2. The lowest BCUT2D eigenvalue weighted by molar-refractivity contribution is 0.0940. The molecule has 4 rings (SSSR count). The summed E-state index contributed by atoms with van der Waals surface area (Å²) in [6.45, 7) is 1.66. The van der Waals surface area contributed by atoms with Crippen molar-refractivity contribution >= 4 is 29.0 Å². The molecule has 31 heavy (non-hydrogen) atoms. The average molecular weight is 437 g/mol. The molecule has 3 aromatic carbocycles. The van der Waals surface area contributed by atoms with Crippen LogP contribution in [0.3, 0.4) is 0 Å². The van der Waals surface area contributed by atoms with E-state index in [1.54, 1.807) is 25.1 Å². The molecule has 0 aliphatic heterocycles. The summed E-state index contributed by atoms with van der Waals surface area (Å²) in [5.74, 6) is -2.36. The summed E-state index contributed by atoms with van der Waals surface area (Å²) in [5.41, 5.74) is 1.49. The Morgan fingerprint density at radius 2 is 1.77 bits per heavy atom. The first-order valence-electron chi connectivity index (χ1n) is 9.45. The first-order valence-corrected chi connectivity index (χ1v) is 9.86. The summed E-state index contributed by atoms with van der Waals surface area (Å²) in [7, 11) is 0. The number of H-pyrrole nitrogens is 1. The fourth-order valence-electron chi connectivity index (χ4n) is 3.32. The molecule has 0 radical (unpaired) electrons. The van der Waals surface area contributed by atoms with E-state index in [9.17, 15) is 18.4 Å². The van der Waals surface area contributed by atoms with Gasteiger partial charge in [0.1, 0.15) is 0 Å². The van der Waals surface area contributed by atoms with Crippen molar-refractivity contribution in [3.63, 3.8) is 0 Å². The van der Waals surface area contributed by atoms with Crippen LogP contribution in [0.25, 0.3) is 16.6 Å². The number of carbonyl (C=O) groups is 1. The Kier molecular flexibility index (Phi) is 5.48. The van der Waals surface area contributed by atoms with Gasteiger partial charge in [0.25, 0.3) is 11.5 Å². The number of benzene rings is 3. The highest BCUT2D eigenvalue weighted by Gasteiger charge is 2.15. The molecule has 0 spiro atoms. The Hall–Kier alpha value is -3.65. The zero-order valence-electron chi connectivity index (χ0n) is 16.4. The van der Waals surface area contributed by atoms with E-state index in [-0.39, 0.29) is 10.3 Å². The third kappa shape index (κ3) is 4.02. The van der Waals surface area contributed by atoms with Gasteiger partial charge in [0.2, 0.25) is 0 Å². The normalized spacial score (nSPS) is 12.0. The zero-order valence-corrected chi connectivity index (χ0v) is 17.2. The Morgan fingerprint density at radius 3 is 2.48 bits per heavy atom. The molecule has 156 valence electrons. The van der Waals surface area contributed by atoms with Crippen molar-refractivity contribution < 1.29 is 13.6 Å². The van der Waals surface area contributed by atoms with Crippen LogP contribution in [0, 0.1) is 16.4 Å². The second-order valence-electron chi connectivity index (χ2n) is 7.04. The number of fused-ring (bicyclic) bond motifs is 1. The molecule has 0 fully saturated rings. The smallest absolute Gasteiger partial charge is 0.266 e. The monoisotopic (exact) mass is 437 g/mol. The molecule has 1 atom stereocenters. The molecule has 2 N–H and O–H groups in total. The highest BCUT2D eigenvalue weighted by molar-refractivity contribution is 7.71. The third-order valence-corrected chi connectivity index (χ3v) is 5.25. The largest absolute Gasteiger partial charge is 0.346 e. The maximum absolute atomic E-state index is 13.5. The molecule has 0 saturated heterocycles. The Labute approximate surface area is 181 Å². The summed E-state index contributed by atoms with van der Waals surface area (Å²) >= 11 is 5.36. The Morgan fingerprint density at radius 1 is 1.03 bits per heavy atom. The zero-order chi connectivity index (χ0) is 22.1. The molecule has 5 nitrogen and oxygen atoms in total. The Bertz CT molecular complexity index is 1410. The standard InChI is InChI=1S/C23H17F2N3O2S/c1-13(14-8-10-18(24)19(25)11-14)26-21(29)15-7-9-17-20(12-15)27-23(31)28(22(17)30)16-5-3-2-4-6-16/h2-13H,1H3,(H,26,29)(H,27,31). The van der Waals surface area contributed by atoms with Crippen LogP contribution in [0.5, 0.6) is 0 Å². The van der Waals surface area contributed by atoms with Gasteiger partial charge in [0, 0.05) is 5.56 Å². The van der Waals surface area contributed by atoms with Gasteiger partial charge >= 0.3 is 0 Å². The maximum Gasteiger partial charge on any atom is 0.266 e. The van der Waals surface area contributed by atoms with E-state index in [4.69, 9.17) is 12.2 Å². The van der Waals surface area contributed by atoms with E-state index in [1.807, 2.05) is 18.2 Å². The molecule has 1 heterocycles. The summed E-state index contributed by atoms with van der Waals surface area (Å²) in [6, 6.07) is 16.6. The van der Waals surface area contributed by atoms with Gasteiger partial charge in [-0.3, -0.25) is 14.2 Å². The van der Waals surface area contributed by atoms with Crippen molar-refractivity contribution in [3.05, 3.63) is 105 Å². The number of amides is 1. The van der Waals surface area contributed by atoms with Crippen LogP contribution in [-0.4, -0.2) is 15.5 Å². The maximum atomic E-state index is 13.5. The molecule has 4 aromatic rings. The van der Waals surface area contributed by atoms with Crippen LogP contribution < -0.4 is 10.9 Å². The van der Waals surface area contributed by atoms with Gasteiger partial charge in [-0.2, -0.15) is 0 Å². The lowest BCUT2D eigenvalue weighted by atomic mass is 10.1. The molecule has 8 heteroatoms. The number of aromatic amines is 1. The molecule has 0 aliphatic carbocycles. The van der Waals surface area contributed by atoms with Crippen LogP contribution in [0.1, 0.15) is 28.9 Å². The van der Waals surface area contributed by atoms with E-state index in [2.05, 4.69) is 10.3 Å². The average Bonchev–Trinajstić information content (AvgIpc) is 2.76. The molecular formula is C23H17F2N3O2S. The first kappa shape index (κ1) is 20.6. The lowest BCUT2D eigenvalue weighted by Gasteiger charge is -2.15. The highest BCUT2D eigenvalue weighted by atomic mass is 32.1. The molecular weight excluding hydrogens is 420 g/mol. The summed E-state index contributed by atoms with van der Waals surface area (Å²) < 4.78 is 28.2. The van der Waals surface area contributed by atoms with E-state index in [1.165, 1.54) is 22.8 Å². The summed E-state index contributed by atoms with van der Waals surface area (Å²) in [5, 5.41) is 3.12. The van der Waals surface area contributed by atoms with Crippen LogP contribution in [0.4, 0.5) is 8.78 Å². The molecule has 1 aromatic heterocycles. The van der Waals surface area contributed by atoms with Crippen LogP contribution >= 0.6 is 12.2 Å². The topological polar surface area (TPSA) is 66.9 Å². The van der Waals surface area contributed by atoms with Crippen molar-refractivity contribution in [2.75, 3.05) is 0 Å². The number of para-hydroxylation sites is 1. The summed E-state index contributed by atoms with van der Waals surface area (Å²) in [6.07, 6.45) is 0. The number of hydrogen-bond donors (Lipinski definition) is 2. The van der Waals surface area contributed by atoms with E-state index in [0.717, 1.165) is 12.1 Å². The van der Waals surface area contributed by atoms with E-state index < -0.39 is 23.6 Å². The summed E-state index contributed by atoms with van der Waals surface area (Å²) in [4.78, 5) is 28.6. The van der Waals surface area contributed by atoms with Crippen LogP contribution in [0.2, 0.25) is 0 Å². The van der Waals surface area contributed by atoms with Crippen LogP contribution in [-0.2, 0) is 0 Å². The first-order chi connectivity index (χ1) is 14.8. The van der Waals surface area contributed by atoms with Gasteiger partial charge in [-0.25, -0.2) is 8.78 Å². The number of aromatic nitrogens is 2. The van der Waals surface area contributed by atoms with Crippen molar-refractivity contribution in [2.24, 2.45) is 0 Å². The van der Waals surface area contributed by atoms with Gasteiger partial charge in [-0.1, -0.05) is 24.3 Å². The quantitative estimate of drug-likeness (QED) is 0.450. The van der Waals surface area contributed by atoms with Crippen molar-refractivity contribution in [2.45, 2.75) is 13.0 Å². The number of hydrogen-bond acceptors (Lipinski definition) is 3. The van der Waals surface area contributed by atoms with Gasteiger partial charge in [-0.05, 0) is 67.2 Å². The number of nitrogens with zero attached hydrogens (tertiary/aromatic N) is 1. The van der Waals surface area contributed by atoms with Crippen molar-refractivity contribution in [1.82, 2.24) is 14.9 Å². The second kappa shape index (κ2) is 8.23. The minimum absolute atomic E-state index is 0.205. The van der Waals surface area contributed by atoms with Crippen LogP contribution in [0.15, 0.2) is 71.5 Å². The fraction of sp³-hybridized carbons (Fsp3) is 0.0870. The minimum Gasteiger partial charge on any atom is -0.346 e. The van der Waals surface area contributed by atoms with Gasteiger partial charge in [0.05, 0.1) is 22.6 Å². The molecule has 1 unspecified atom stereocenters. The number of halogens is 2. The van der Waals surface area contributed by atoms with Crippen molar-refractivity contribution in [1.29, 1.82) is 0 Å². The van der Waals surface area contributed by atoms with Gasteiger partial charge < -0.3 is 10.3 Å². The lowest BCUT2D eigenvalue weighted by Crippen LogP contribution is -2.27. The van der Waals surface area contributed by atoms with Gasteiger partial charge in [-0.15, -0.1) is 0 Å². The second-order valence-corrected chi connectivity index (χ2v) is 7.42. The SMILES string of the molecule is CC(NC(=O)c1ccc2c(=O)n(-c3ccccc3)c(=S)[nH]c2c1)c1ccc(F)c(F)c1. The van der Waals surface area contributed by atoms with Gasteiger partial charge in [0.15, 0.2) is 16.4 Å². The Balaban J connectivity index is 1.66. The predicted octanol–water partition coefficient (Wildman–Crippen LogP) is 4.82. The predicted molar refractivity (Wildman–Crippen MR) is 117 cm³/mol. The molecule has 1 amide bonds. The highest BCUT2D eigenvalue weighted by Crippen LogP contribution is 2.18. The number of carbonyl (C=O) groups excluding carboxylic acids is 1. The molecule has 0 bridgehead atoms. The number of rotatable bonds is 4. The molecule has 0 saturated carbocycles. The third-order valence-electron chi connectivity index (χ3n) is 4.97. The minimum atomic E-state index is -0.980. The van der Waals surface area contributed by atoms with Crippen molar-refractivity contribution in [3.8, 4) is 5.69 Å². The fourth-order valence-corrected chi connectivity index (χ4v) is 3.61. The van der Waals surface area contributed by atoms with E-state index >= 15 is 0 Å². The molecule has 0 aliphatic rings.